The number of hydrogen-bond donors (Lipinski definition) is 3. The van der Waals surface area contributed by atoms with E-state index in [1.54, 1.807) is 67.0 Å². The molecule has 302 valence electrons. The van der Waals surface area contributed by atoms with E-state index in [-0.39, 0.29) is 30.2 Å². The molecule has 6 heterocycles. The van der Waals surface area contributed by atoms with E-state index in [1.807, 2.05) is 13.0 Å². The van der Waals surface area contributed by atoms with Crippen LogP contribution in [0.5, 0.6) is 11.8 Å². The fourth-order valence-electron chi connectivity index (χ4n) is 5.75. The number of nitrogens with one attached hydrogen (secondary N) is 3. The van der Waals surface area contributed by atoms with Crippen LogP contribution >= 0.6 is 46.4 Å². The summed E-state index contributed by atoms with van der Waals surface area (Å²) in [6.07, 6.45) is 6.02. The summed E-state index contributed by atoms with van der Waals surface area (Å²) in [5.41, 5.74) is 3.64. The summed E-state index contributed by atoms with van der Waals surface area (Å²) < 4.78 is 41.8. The maximum Gasteiger partial charge on any atom is 0.313 e. The van der Waals surface area contributed by atoms with Crippen LogP contribution in [-0.2, 0) is 14.4 Å². The Morgan fingerprint density at radius 3 is 1.64 bits per heavy atom. The van der Waals surface area contributed by atoms with E-state index in [0.29, 0.717) is 65.8 Å². The molecule has 0 bridgehead atoms. The highest BCUT2D eigenvalue weighted by Gasteiger charge is 2.34. The molecule has 9 rings (SSSR count). The standard InChI is InChI=1S/C23H19Cl2N5O4S.C16H13Cl2N5O/c1-14-2-5-17(6-3-14)35(31,32)34-30-11-16(12-30)33-22-9-18-21(10-26-22)27-13-28-23(18)29-20-7-4-15(24)8-19(20)25;17-9-1-2-13(12(18)3-9)23-16-11-4-15(24-10-5-19-6-10)20-7-14(11)21-8-22-16/h2-10,13,16H,11-12H2,1H3,(H,27,28,29);1-4,7-8,10,19H,5-6H2,(H,21,22,23). The highest BCUT2D eigenvalue weighted by atomic mass is 35.5. The van der Waals surface area contributed by atoms with Gasteiger partial charge < -0.3 is 25.4 Å². The monoisotopic (exact) mass is 892 g/mol. The van der Waals surface area contributed by atoms with Crippen molar-refractivity contribution in [2.45, 2.75) is 24.0 Å². The number of benzene rings is 3. The molecule has 2 saturated heterocycles. The Labute approximate surface area is 358 Å². The fraction of sp³-hybridized carbons (Fsp3) is 0.179. The number of hydroxylamine groups is 2. The molecule has 3 N–H and O–H groups in total. The number of rotatable bonds is 11. The number of nitrogens with zero attached hydrogens (tertiary/aromatic N) is 7. The van der Waals surface area contributed by atoms with Crippen LogP contribution in [0.15, 0.2) is 103 Å². The van der Waals surface area contributed by atoms with Crippen molar-refractivity contribution >= 4 is 101 Å². The van der Waals surface area contributed by atoms with Gasteiger partial charge in [0.2, 0.25) is 11.8 Å². The van der Waals surface area contributed by atoms with Crippen molar-refractivity contribution in [1.82, 2.24) is 40.3 Å². The maximum atomic E-state index is 12.4. The molecule has 0 amide bonds. The van der Waals surface area contributed by atoms with E-state index in [4.69, 9.17) is 60.2 Å². The highest BCUT2D eigenvalue weighted by molar-refractivity contribution is 7.86. The molecule has 7 aromatic rings. The molecular weight excluding hydrogens is 862 g/mol. The first-order valence-electron chi connectivity index (χ1n) is 17.9. The Kier molecular flexibility index (Phi) is 12.1. The predicted octanol–water partition coefficient (Wildman–Crippen LogP) is 8.19. The summed E-state index contributed by atoms with van der Waals surface area (Å²) in [5, 5.41) is 14.4. The van der Waals surface area contributed by atoms with Crippen LogP contribution in [0.3, 0.4) is 0 Å². The molecule has 0 spiro atoms. The normalized spacial score (nSPS) is 14.5. The van der Waals surface area contributed by atoms with Gasteiger partial charge in [0, 0.05) is 46.0 Å². The fourth-order valence-corrected chi connectivity index (χ4v) is 7.62. The predicted molar refractivity (Wildman–Crippen MR) is 227 cm³/mol. The van der Waals surface area contributed by atoms with Gasteiger partial charge in [-0.2, -0.15) is 17.8 Å². The molecule has 4 aromatic heterocycles. The van der Waals surface area contributed by atoms with E-state index >= 15 is 0 Å². The van der Waals surface area contributed by atoms with Gasteiger partial charge in [-0.25, -0.2) is 29.9 Å². The lowest BCUT2D eigenvalue weighted by Gasteiger charge is -2.36. The molecule has 0 saturated carbocycles. The molecule has 2 fully saturated rings. The highest BCUT2D eigenvalue weighted by Crippen LogP contribution is 2.33. The lowest BCUT2D eigenvalue weighted by Crippen LogP contribution is -2.54. The van der Waals surface area contributed by atoms with E-state index in [9.17, 15) is 8.42 Å². The summed E-state index contributed by atoms with van der Waals surface area (Å²) in [6.45, 7) is 4.07. The third kappa shape index (κ3) is 9.83. The molecule has 0 aliphatic carbocycles. The first kappa shape index (κ1) is 40.6. The van der Waals surface area contributed by atoms with Crippen molar-refractivity contribution in [3.63, 3.8) is 0 Å². The van der Waals surface area contributed by atoms with Gasteiger partial charge in [0.1, 0.15) is 36.5 Å². The average molecular weight is 895 g/mol. The van der Waals surface area contributed by atoms with Crippen molar-refractivity contribution < 1.29 is 22.2 Å². The van der Waals surface area contributed by atoms with Gasteiger partial charge in [-0.1, -0.05) is 64.1 Å². The number of pyridine rings is 2. The summed E-state index contributed by atoms with van der Waals surface area (Å²) in [7, 11) is -3.89. The van der Waals surface area contributed by atoms with Crippen LogP contribution in [0.4, 0.5) is 23.0 Å². The Balaban J connectivity index is 0.000000176. The Hall–Kier alpha value is -5.17. The van der Waals surface area contributed by atoms with Crippen molar-refractivity contribution in [3.05, 3.63) is 123 Å². The minimum atomic E-state index is -3.89. The van der Waals surface area contributed by atoms with Crippen molar-refractivity contribution in [3.8, 4) is 11.8 Å². The molecule has 15 nitrogen and oxygen atoms in total. The second-order valence-corrected chi connectivity index (χ2v) is 16.6. The van der Waals surface area contributed by atoms with Crippen LogP contribution < -0.4 is 25.4 Å². The van der Waals surface area contributed by atoms with Crippen LogP contribution in [0.25, 0.3) is 21.8 Å². The molecule has 0 unspecified atom stereocenters. The third-order valence-corrected chi connectivity index (χ3v) is 11.4. The number of aryl methyl sites for hydroxylation is 1. The first-order valence-corrected chi connectivity index (χ1v) is 20.8. The van der Waals surface area contributed by atoms with Gasteiger partial charge in [0.25, 0.3) is 0 Å². The second-order valence-electron chi connectivity index (χ2n) is 13.3. The van der Waals surface area contributed by atoms with Crippen LogP contribution in [0.2, 0.25) is 20.1 Å². The lowest BCUT2D eigenvalue weighted by atomic mass is 10.2. The second kappa shape index (κ2) is 17.6. The number of halogens is 4. The van der Waals surface area contributed by atoms with E-state index in [0.717, 1.165) is 29.6 Å². The Bertz CT molecular complexity index is 2760. The van der Waals surface area contributed by atoms with E-state index < -0.39 is 10.1 Å². The summed E-state index contributed by atoms with van der Waals surface area (Å²) in [6, 6.07) is 20.4. The molecule has 59 heavy (non-hydrogen) atoms. The molecule has 3 aromatic carbocycles. The number of ether oxygens (including phenoxy) is 2. The first-order chi connectivity index (χ1) is 28.5. The topological polar surface area (TPSA) is 178 Å². The minimum absolute atomic E-state index is 0.101. The Morgan fingerprint density at radius 2 is 1.17 bits per heavy atom. The van der Waals surface area contributed by atoms with Gasteiger partial charge in [-0.15, -0.1) is 0 Å². The zero-order valence-corrected chi connectivity index (χ0v) is 34.7. The van der Waals surface area contributed by atoms with E-state index in [1.165, 1.54) is 29.9 Å². The Morgan fingerprint density at radius 1 is 0.661 bits per heavy atom. The number of aromatic nitrogens is 6. The summed E-state index contributed by atoms with van der Waals surface area (Å²) in [4.78, 5) is 25.8. The lowest BCUT2D eigenvalue weighted by molar-refractivity contribution is -0.155. The molecular formula is C39H32Cl4N10O5S. The van der Waals surface area contributed by atoms with Gasteiger partial charge in [0.05, 0.1) is 62.8 Å². The summed E-state index contributed by atoms with van der Waals surface area (Å²) in [5.74, 6) is 2.05. The quantitative estimate of drug-likeness (QED) is 0.113. The molecule has 2 aliphatic rings. The SMILES string of the molecule is Cc1ccc(S(=O)(=O)ON2CC(Oc3cc4c(Nc5ccc(Cl)cc5Cl)ncnc4cn3)C2)cc1.Clc1ccc(Nc2ncnc3cnc(OC4CNC4)cc23)c(Cl)c1. The molecule has 2 aliphatic heterocycles. The molecule has 20 heteroatoms. The van der Waals surface area contributed by atoms with Gasteiger partial charge in [-0.3, -0.25) is 0 Å². The molecule has 0 radical (unpaired) electrons. The number of anilines is 4. The summed E-state index contributed by atoms with van der Waals surface area (Å²) >= 11 is 24.4. The van der Waals surface area contributed by atoms with E-state index in [2.05, 4.69) is 45.9 Å². The van der Waals surface area contributed by atoms with Crippen LogP contribution in [-0.4, -0.2) is 81.8 Å². The van der Waals surface area contributed by atoms with Crippen molar-refractivity contribution in [2.75, 3.05) is 36.8 Å². The smallest absolute Gasteiger partial charge is 0.313 e. The number of fused-ring (bicyclic) bond motifs is 2. The largest absolute Gasteiger partial charge is 0.472 e. The van der Waals surface area contributed by atoms with Gasteiger partial charge in [-0.05, 0) is 55.5 Å². The van der Waals surface area contributed by atoms with Crippen LogP contribution in [0, 0.1) is 6.92 Å². The number of hydrogen-bond acceptors (Lipinski definition) is 15. The minimum Gasteiger partial charge on any atom is -0.472 e. The maximum absolute atomic E-state index is 12.4. The zero-order valence-electron chi connectivity index (χ0n) is 30.8. The average Bonchev–Trinajstić information content (AvgIpc) is 3.18. The molecule has 0 atom stereocenters. The van der Waals surface area contributed by atoms with Crippen LogP contribution in [0.1, 0.15) is 5.56 Å². The van der Waals surface area contributed by atoms with Gasteiger partial charge in [0.15, 0.2) is 0 Å². The zero-order chi connectivity index (χ0) is 41.1. The van der Waals surface area contributed by atoms with Crippen molar-refractivity contribution in [2.24, 2.45) is 0 Å². The van der Waals surface area contributed by atoms with Crippen molar-refractivity contribution in [1.29, 1.82) is 0 Å². The third-order valence-electron chi connectivity index (χ3n) is 9.01. The van der Waals surface area contributed by atoms with Gasteiger partial charge >= 0.3 is 10.1 Å².